The fourth-order valence-electron chi connectivity index (χ4n) is 3.00. The Morgan fingerprint density at radius 1 is 0.967 bits per heavy atom. The second-order valence-corrected chi connectivity index (χ2v) is 7.29. The molecule has 0 unspecified atom stereocenters. The van der Waals surface area contributed by atoms with Crippen LogP contribution in [-0.2, 0) is 4.74 Å². The molecule has 3 aromatic rings. The number of fused-ring (bicyclic) bond motifs is 1. The first-order chi connectivity index (χ1) is 14.5. The van der Waals surface area contributed by atoms with Crippen LogP contribution in [0.4, 0.5) is 0 Å². The average molecular weight is 426 g/mol. The zero-order valence-corrected chi connectivity index (χ0v) is 18.0. The molecule has 0 atom stereocenters. The maximum atomic E-state index is 12.7. The van der Waals surface area contributed by atoms with Crippen LogP contribution >= 0.6 is 11.3 Å². The number of esters is 1. The van der Waals surface area contributed by atoms with Crippen molar-refractivity contribution in [1.82, 2.24) is 0 Å². The number of ketones is 1. The predicted molar refractivity (Wildman–Crippen MR) is 117 cm³/mol. The maximum Gasteiger partial charge on any atom is 0.338 e. The van der Waals surface area contributed by atoms with Crippen LogP contribution in [0.25, 0.3) is 16.2 Å². The molecule has 0 aliphatic rings. The first-order valence-corrected chi connectivity index (χ1v) is 10.1. The predicted octanol–water partition coefficient (Wildman–Crippen LogP) is 5.00. The molecular weight excluding hydrogens is 404 g/mol. The van der Waals surface area contributed by atoms with Crippen molar-refractivity contribution in [2.75, 3.05) is 27.9 Å². The quantitative estimate of drug-likeness (QED) is 0.287. The summed E-state index contributed by atoms with van der Waals surface area (Å²) in [6.07, 6.45) is 3.16. The second kappa shape index (κ2) is 9.45. The van der Waals surface area contributed by atoms with Gasteiger partial charge in [-0.05, 0) is 54.8 Å². The van der Waals surface area contributed by atoms with E-state index in [-0.39, 0.29) is 11.8 Å². The Bertz CT molecular complexity index is 1110. The molecule has 0 spiro atoms. The van der Waals surface area contributed by atoms with Gasteiger partial charge in [-0.2, -0.15) is 0 Å². The first-order valence-electron chi connectivity index (χ1n) is 9.24. The van der Waals surface area contributed by atoms with Crippen molar-refractivity contribution < 1.29 is 28.5 Å². The van der Waals surface area contributed by atoms with E-state index >= 15 is 0 Å². The van der Waals surface area contributed by atoms with Gasteiger partial charge < -0.3 is 18.9 Å². The Hall–Kier alpha value is -3.32. The van der Waals surface area contributed by atoms with E-state index in [0.717, 1.165) is 10.1 Å². The van der Waals surface area contributed by atoms with Gasteiger partial charge in [0, 0.05) is 10.3 Å². The van der Waals surface area contributed by atoms with E-state index in [9.17, 15) is 9.59 Å². The Labute approximate surface area is 178 Å². The van der Waals surface area contributed by atoms with E-state index in [1.54, 1.807) is 44.4 Å². The topological polar surface area (TPSA) is 71.1 Å². The zero-order chi connectivity index (χ0) is 21.7. The number of carbonyl (C=O) groups excluding carboxylic acids is 2. The van der Waals surface area contributed by atoms with E-state index in [4.69, 9.17) is 18.9 Å². The normalized spacial score (nSPS) is 10.9. The number of allylic oxidation sites excluding steroid dienone is 1. The number of carbonyl (C=O) groups is 2. The van der Waals surface area contributed by atoms with Crippen molar-refractivity contribution in [2.24, 2.45) is 0 Å². The molecule has 1 aromatic heterocycles. The number of methoxy groups -OCH3 is 3. The summed E-state index contributed by atoms with van der Waals surface area (Å²) in [5.74, 6) is 0.964. The van der Waals surface area contributed by atoms with Gasteiger partial charge in [0.15, 0.2) is 17.3 Å². The van der Waals surface area contributed by atoms with Crippen LogP contribution in [0.2, 0.25) is 0 Å². The number of rotatable bonds is 8. The van der Waals surface area contributed by atoms with Crippen molar-refractivity contribution in [1.29, 1.82) is 0 Å². The van der Waals surface area contributed by atoms with Crippen LogP contribution in [0.3, 0.4) is 0 Å². The van der Waals surface area contributed by atoms with Gasteiger partial charge in [-0.25, -0.2) is 4.79 Å². The van der Waals surface area contributed by atoms with Crippen LogP contribution in [-0.4, -0.2) is 39.7 Å². The summed E-state index contributed by atoms with van der Waals surface area (Å²) in [6, 6.07) is 10.6. The summed E-state index contributed by atoms with van der Waals surface area (Å²) in [4.78, 5) is 25.2. The first kappa shape index (κ1) is 21.4. The smallest absolute Gasteiger partial charge is 0.338 e. The fourth-order valence-corrected chi connectivity index (χ4v) is 4.02. The maximum absolute atomic E-state index is 12.7. The Kier molecular flexibility index (Phi) is 6.74. The molecule has 0 aliphatic carbocycles. The average Bonchev–Trinajstić information content (AvgIpc) is 3.20. The highest BCUT2D eigenvalue weighted by atomic mass is 32.1. The zero-order valence-electron chi connectivity index (χ0n) is 17.2. The minimum Gasteiger partial charge on any atom is -0.493 e. The van der Waals surface area contributed by atoms with Gasteiger partial charge in [-0.3, -0.25) is 4.79 Å². The van der Waals surface area contributed by atoms with Crippen LogP contribution in [0.5, 0.6) is 17.2 Å². The Morgan fingerprint density at radius 2 is 1.73 bits per heavy atom. The highest BCUT2D eigenvalue weighted by Crippen LogP contribution is 2.40. The van der Waals surface area contributed by atoms with Gasteiger partial charge in [0.1, 0.15) is 0 Å². The molecule has 6 nitrogen and oxygen atoms in total. The van der Waals surface area contributed by atoms with E-state index in [2.05, 4.69) is 0 Å². The van der Waals surface area contributed by atoms with Crippen molar-refractivity contribution >= 4 is 39.3 Å². The molecule has 156 valence electrons. The van der Waals surface area contributed by atoms with Crippen molar-refractivity contribution in [3.8, 4) is 17.2 Å². The molecule has 0 radical (unpaired) electrons. The van der Waals surface area contributed by atoms with E-state index in [0.29, 0.717) is 39.9 Å². The van der Waals surface area contributed by atoms with Gasteiger partial charge in [-0.15, -0.1) is 11.3 Å². The summed E-state index contributed by atoms with van der Waals surface area (Å²) in [5.41, 5.74) is 1.16. The van der Waals surface area contributed by atoms with Gasteiger partial charge >= 0.3 is 5.97 Å². The lowest BCUT2D eigenvalue weighted by Gasteiger charge is -2.13. The summed E-state index contributed by atoms with van der Waals surface area (Å²) in [7, 11) is 4.61. The monoisotopic (exact) mass is 426 g/mol. The standard InChI is InChI=1S/C23H22O6S/c1-5-29-23(25)16-7-6-15-12-20(30-19(15)13-16)17(24)10-8-14-9-11-18(26-2)22(28-4)21(14)27-3/h6-13H,5H2,1-4H3/b10-8+. The molecule has 0 bridgehead atoms. The highest BCUT2D eigenvalue weighted by Gasteiger charge is 2.15. The molecule has 0 aliphatic heterocycles. The van der Waals surface area contributed by atoms with Crippen molar-refractivity contribution in [3.05, 3.63) is 58.5 Å². The molecule has 0 fully saturated rings. The summed E-state index contributed by atoms with van der Waals surface area (Å²) in [5, 5.41) is 0.897. The lowest BCUT2D eigenvalue weighted by molar-refractivity contribution is 0.0526. The van der Waals surface area contributed by atoms with Gasteiger partial charge in [0.25, 0.3) is 0 Å². The minimum atomic E-state index is -0.374. The molecule has 1 heterocycles. The molecule has 0 saturated carbocycles. The lowest BCUT2D eigenvalue weighted by Crippen LogP contribution is -2.03. The number of hydrogen-bond donors (Lipinski definition) is 0. The van der Waals surface area contributed by atoms with Crippen LogP contribution < -0.4 is 14.2 Å². The Balaban J connectivity index is 1.88. The van der Waals surface area contributed by atoms with Crippen LogP contribution in [0.1, 0.15) is 32.5 Å². The molecule has 0 saturated heterocycles. The van der Waals surface area contributed by atoms with Gasteiger partial charge in [0.2, 0.25) is 5.75 Å². The van der Waals surface area contributed by atoms with Crippen LogP contribution in [0, 0.1) is 0 Å². The molecular formula is C23H22O6S. The van der Waals surface area contributed by atoms with Gasteiger partial charge in [0.05, 0.1) is 38.4 Å². The fraction of sp³-hybridized carbons (Fsp3) is 0.217. The largest absolute Gasteiger partial charge is 0.493 e. The highest BCUT2D eigenvalue weighted by molar-refractivity contribution is 7.21. The van der Waals surface area contributed by atoms with E-state index in [1.807, 2.05) is 12.1 Å². The molecule has 7 heteroatoms. The SMILES string of the molecule is CCOC(=O)c1ccc2cc(C(=O)/C=C/c3ccc(OC)c(OC)c3OC)sc2c1. The molecule has 30 heavy (non-hydrogen) atoms. The molecule has 0 amide bonds. The summed E-state index contributed by atoms with van der Waals surface area (Å²) in [6.45, 7) is 2.08. The third-order valence-electron chi connectivity index (χ3n) is 4.42. The Morgan fingerprint density at radius 3 is 2.40 bits per heavy atom. The number of benzene rings is 2. The summed E-state index contributed by atoms with van der Waals surface area (Å²) >= 11 is 1.33. The number of ether oxygens (including phenoxy) is 4. The van der Waals surface area contributed by atoms with Crippen LogP contribution in [0.15, 0.2) is 42.5 Å². The summed E-state index contributed by atoms with van der Waals surface area (Å²) < 4.78 is 22.0. The molecule has 3 rings (SSSR count). The molecule has 0 N–H and O–H groups in total. The number of hydrogen-bond acceptors (Lipinski definition) is 7. The van der Waals surface area contributed by atoms with Crippen molar-refractivity contribution in [2.45, 2.75) is 6.92 Å². The number of thiophene rings is 1. The van der Waals surface area contributed by atoms with Crippen molar-refractivity contribution in [3.63, 3.8) is 0 Å². The van der Waals surface area contributed by atoms with E-state index in [1.165, 1.54) is 31.6 Å². The minimum absolute atomic E-state index is 0.147. The second-order valence-electron chi connectivity index (χ2n) is 6.20. The molecule has 2 aromatic carbocycles. The third kappa shape index (κ3) is 4.31. The third-order valence-corrected chi connectivity index (χ3v) is 5.54. The van der Waals surface area contributed by atoms with E-state index < -0.39 is 0 Å². The lowest BCUT2D eigenvalue weighted by atomic mass is 10.1. The van der Waals surface area contributed by atoms with Gasteiger partial charge in [-0.1, -0.05) is 6.07 Å².